The SMILES string of the molecule is CCOCc1cc(=O)c2ccc3c(c2o1)[C@@H](OC(=O)C12CCC(C)(C(=O)O1)C2(C)C)[C@@H](OC(=O)C12CCC(C)(C(=O)O1)C2(C)C)C(C)(C)O3. The number of ether oxygens (including phenoxy) is 6. The first-order valence-electron chi connectivity index (χ1n) is 17.0. The van der Waals surface area contributed by atoms with E-state index in [0.29, 0.717) is 19.4 Å². The summed E-state index contributed by atoms with van der Waals surface area (Å²) in [7, 11) is 0. The summed E-state index contributed by atoms with van der Waals surface area (Å²) in [5, 5.41) is 0.184. The van der Waals surface area contributed by atoms with Crippen molar-refractivity contribution in [1.29, 1.82) is 0 Å². The highest BCUT2D eigenvalue weighted by molar-refractivity contribution is 5.95. The third kappa shape index (κ3) is 3.98. The average molecular weight is 681 g/mol. The number of hydrogen-bond acceptors (Lipinski definition) is 12. The van der Waals surface area contributed by atoms with Gasteiger partial charge in [0, 0.05) is 23.5 Å². The number of esters is 4. The van der Waals surface area contributed by atoms with Gasteiger partial charge < -0.3 is 32.8 Å². The van der Waals surface area contributed by atoms with Crippen LogP contribution in [0.1, 0.15) is 105 Å². The molecule has 2 saturated heterocycles. The third-order valence-corrected chi connectivity index (χ3v) is 13.3. The van der Waals surface area contributed by atoms with Gasteiger partial charge >= 0.3 is 23.9 Å². The van der Waals surface area contributed by atoms with Crippen molar-refractivity contribution in [3.63, 3.8) is 0 Å². The molecule has 6 atom stereocenters. The van der Waals surface area contributed by atoms with Crippen LogP contribution in [0.4, 0.5) is 0 Å². The van der Waals surface area contributed by atoms with E-state index in [9.17, 15) is 24.0 Å². The molecule has 7 rings (SSSR count). The van der Waals surface area contributed by atoms with Gasteiger partial charge in [0.2, 0.25) is 11.2 Å². The summed E-state index contributed by atoms with van der Waals surface area (Å²) < 4.78 is 42.7. The molecule has 12 heteroatoms. The minimum absolute atomic E-state index is 0.00807. The Bertz CT molecular complexity index is 1890. The van der Waals surface area contributed by atoms with Crippen LogP contribution in [0.5, 0.6) is 5.75 Å². The molecule has 0 amide bonds. The number of benzene rings is 1. The van der Waals surface area contributed by atoms with Gasteiger partial charge in [-0.15, -0.1) is 0 Å². The molecule has 12 nitrogen and oxygen atoms in total. The lowest BCUT2D eigenvalue weighted by Crippen LogP contribution is -2.57. The molecule has 2 saturated carbocycles. The Morgan fingerprint density at radius 3 is 1.82 bits per heavy atom. The van der Waals surface area contributed by atoms with E-state index in [4.69, 9.17) is 32.8 Å². The molecule has 0 spiro atoms. The van der Waals surface area contributed by atoms with E-state index >= 15 is 0 Å². The molecule has 1 aromatic carbocycles. The van der Waals surface area contributed by atoms with Crippen LogP contribution in [0.15, 0.2) is 27.4 Å². The van der Waals surface area contributed by atoms with E-state index in [2.05, 4.69) is 0 Å². The van der Waals surface area contributed by atoms with Crippen molar-refractivity contribution in [2.45, 2.75) is 124 Å². The maximum Gasteiger partial charge on any atom is 0.351 e. The number of carbonyl (C=O) groups is 4. The minimum atomic E-state index is -1.61. The molecule has 0 N–H and O–H groups in total. The van der Waals surface area contributed by atoms with Gasteiger partial charge in [-0.05, 0) is 72.4 Å². The first-order valence-corrected chi connectivity index (χ1v) is 17.0. The highest BCUT2D eigenvalue weighted by Crippen LogP contribution is 2.67. The predicted molar refractivity (Wildman–Crippen MR) is 171 cm³/mol. The Kier molecular flexibility index (Phi) is 6.90. The highest BCUT2D eigenvalue weighted by atomic mass is 16.7. The molecule has 4 heterocycles. The van der Waals surface area contributed by atoms with Crippen LogP contribution < -0.4 is 10.2 Å². The maximum atomic E-state index is 14.6. The van der Waals surface area contributed by atoms with Crippen molar-refractivity contribution in [3.8, 4) is 5.75 Å². The number of rotatable bonds is 7. The van der Waals surface area contributed by atoms with Gasteiger partial charge in [0.15, 0.2) is 17.6 Å². The fraction of sp³-hybridized carbons (Fsp3) is 0.649. The summed E-state index contributed by atoms with van der Waals surface area (Å²) in [5.74, 6) is -2.09. The Morgan fingerprint density at radius 1 is 0.776 bits per heavy atom. The van der Waals surface area contributed by atoms with E-state index in [1.807, 2.05) is 34.6 Å². The molecule has 3 aliphatic heterocycles. The first kappa shape index (κ1) is 33.6. The average Bonchev–Trinajstić information content (AvgIpc) is 3.49. The molecule has 0 radical (unpaired) electrons. The molecule has 2 aliphatic carbocycles. The lowest BCUT2D eigenvalue weighted by Gasteiger charge is -2.45. The van der Waals surface area contributed by atoms with Crippen LogP contribution >= 0.6 is 0 Å². The van der Waals surface area contributed by atoms with Gasteiger partial charge in [-0.2, -0.15) is 0 Å². The van der Waals surface area contributed by atoms with Crippen LogP contribution in [-0.2, 0) is 49.5 Å². The molecule has 2 aromatic rings. The molecule has 264 valence electrons. The molecule has 4 unspecified atom stereocenters. The predicted octanol–water partition coefficient (Wildman–Crippen LogP) is 5.24. The largest absolute Gasteiger partial charge is 0.483 e. The smallest absolute Gasteiger partial charge is 0.351 e. The zero-order valence-corrected chi connectivity index (χ0v) is 29.5. The number of carbonyl (C=O) groups excluding carboxylic acids is 4. The second-order valence-electron chi connectivity index (χ2n) is 16.3. The summed E-state index contributed by atoms with van der Waals surface area (Å²) >= 11 is 0. The summed E-state index contributed by atoms with van der Waals surface area (Å²) in [5.41, 5.74) is -8.29. The highest BCUT2D eigenvalue weighted by Gasteiger charge is 2.78. The van der Waals surface area contributed by atoms with E-state index in [0.717, 1.165) is 0 Å². The Hall–Kier alpha value is -3.93. The molecule has 1 aromatic heterocycles. The van der Waals surface area contributed by atoms with Crippen LogP contribution in [0.25, 0.3) is 11.0 Å². The quantitative estimate of drug-likeness (QED) is 0.278. The van der Waals surface area contributed by atoms with Crippen LogP contribution in [-0.4, -0.2) is 53.4 Å². The van der Waals surface area contributed by atoms with Crippen molar-refractivity contribution < 1.29 is 52.0 Å². The molecule has 49 heavy (non-hydrogen) atoms. The first-order chi connectivity index (χ1) is 22.7. The van der Waals surface area contributed by atoms with Crippen LogP contribution in [0.3, 0.4) is 0 Å². The van der Waals surface area contributed by atoms with E-state index in [1.165, 1.54) is 6.07 Å². The monoisotopic (exact) mass is 680 g/mol. The van der Waals surface area contributed by atoms with E-state index < -0.39 is 74.5 Å². The topological polar surface area (TPSA) is 154 Å². The van der Waals surface area contributed by atoms with E-state index in [1.54, 1.807) is 39.8 Å². The fourth-order valence-electron chi connectivity index (χ4n) is 8.91. The Morgan fingerprint density at radius 2 is 1.33 bits per heavy atom. The zero-order chi connectivity index (χ0) is 35.7. The number of hydrogen-bond donors (Lipinski definition) is 0. The van der Waals surface area contributed by atoms with Crippen molar-refractivity contribution in [2.75, 3.05) is 6.61 Å². The standard InChI is InChI=1S/C37H44O12/c1-10-43-18-19-17-21(38)20-11-12-22-23(24(20)44-19)25(45-29(41)36-15-13-34(8,27(39)48-36)32(36,4)5)26(31(2,3)47-22)46-30(42)37-16-14-35(9,28(40)49-37)33(37,6)7/h11-12,17,25-26H,10,13-16,18H2,1-9H3/t25-,26-,34?,35?,36?,37?/m1/s1. The van der Waals surface area contributed by atoms with Crippen molar-refractivity contribution in [2.24, 2.45) is 21.7 Å². The normalized spacial score (nSPS) is 35.8. The van der Waals surface area contributed by atoms with Gasteiger partial charge in [-0.1, -0.05) is 27.7 Å². The van der Waals surface area contributed by atoms with Gasteiger partial charge in [0.05, 0.1) is 21.8 Å². The molecule has 4 bridgehead atoms. The van der Waals surface area contributed by atoms with Crippen LogP contribution in [0, 0.1) is 21.7 Å². The number of fused-ring (bicyclic) bond motifs is 7. The van der Waals surface area contributed by atoms with Gasteiger partial charge in [-0.3, -0.25) is 14.4 Å². The lowest BCUT2D eigenvalue weighted by atomic mass is 9.66. The van der Waals surface area contributed by atoms with Gasteiger partial charge in [0.25, 0.3) is 0 Å². The van der Waals surface area contributed by atoms with Gasteiger partial charge in [0.1, 0.15) is 29.3 Å². The molecular weight excluding hydrogens is 636 g/mol. The summed E-state index contributed by atoms with van der Waals surface area (Å²) in [6.45, 7) is 16.4. The lowest BCUT2D eigenvalue weighted by molar-refractivity contribution is -0.217. The minimum Gasteiger partial charge on any atom is -0.483 e. The second kappa shape index (κ2) is 10.1. The molecule has 4 fully saturated rings. The van der Waals surface area contributed by atoms with Crippen molar-refractivity contribution in [3.05, 3.63) is 39.7 Å². The maximum absolute atomic E-state index is 14.6. The van der Waals surface area contributed by atoms with Gasteiger partial charge in [-0.25, -0.2) is 9.59 Å². The molecular formula is C37H44O12. The summed E-state index contributed by atoms with van der Waals surface area (Å²) in [6, 6.07) is 4.49. The van der Waals surface area contributed by atoms with Crippen molar-refractivity contribution in [1.82, 2.24) is 0 Å². The Labute approximate surface area is 284 Å². The summed E-state index contributed by atoms with van der Waals surface area (Å²) in [4.78, 5) is 68.6. The Balaban J connectivity index is 1.38. The third-order valence-electron chi connectivity index (χ3n) is 13.3. The fourth-order valence-corrected chi connectivity index (χ4v) is 8.91. The summed E-state index contributed by atoms with van der Waals surface area (Å²) in [6.07, 6.45) is -1.39. The van der Waals surface area contributed by atoms with Crippen LogP contribution in [0.2, 0.25) is 0 Å². The second-order valence-corrected chi connectivity index (χ2v) is 16.3. The zero-order valence-electron chi connectivity index (χ0n) is 29.5. The van der Waals surface area contributed by atoms with E-state index in [-0.39, 0.29) is 52.9 Å². The van der Waals surface area contributed by atoms with Crippen molar-refractivity contribution >= 4 is 34.8 Å². The molecule has 5 aliphatic rings.